The predicted molar refractivity (Wildman–Crippen MR) is 121 cm³/mol. The molecule has 0 N–H and O–H groups in total. The van der Waals surface area contributed by atoms with Crippen LogP contribution in [0.3, 0.4) is 0 Å². The van der Waals surface area contributed by atoms with E-state index in [-0.39, 0.29) is 18.8 Å². The first-order valence-electron chi connectivity index (χ1n) is 10.2. The van der Waals surface area contributed by atoms with E-state index in [1.807, 2.05) is 60.7 Å². The third-order valence-electron chi connectivity index (χ3n) is 5.50. The average molecular weight is 455 g/mol. The zero-order chi connectivity index (χ0) is 22.7. The summed E-state index contributed by atoms with van der Waals surface area (Å²) >= 11 is 0. The van der Waals surface area contributed by atoms with Gasteiger partial charge in [0.1, 0.15) is 17.6 Å². The second-order valence-corrected chi connectivity index (χ2v) is 8.86. The summed E-state index contributed by atoms with van der Waals surface area (Å²) in [5, 5.41) is 0. The van der Waals surface area contributed by atoms with Gasteiger partial charge in [0.15, 0.2) is 18.3 Å². The molecule has 1 aliphatic heterocycles. The van der Waals surface area contributed by atoms with Crippen molar-refractivity contribution in [3.63, 3.8) is 0 Å². The van der Waals surface area contributed by atoms with Crippen molar-refractivity contribution in [3.05, 3.63) is 71.8 Å². The normalized spacial score (nSPS) is 17.9. The summed E-state index contributed by atoms with van der Waals surface area (Å²) in [6, 6.07) is 18.8. The van der Waals surface area contributed by atoms with Gasteiger partial charge in [0, 0.05) is 29.6 Å². The van der Waals surface area contributed by atoms with Gasteiger partial charge in [-0.2, -0.15) is 0 Å². The first-order chi connectivity index (χ1) is 15.6. The van der Waals surface area contributed by atoms with Crippen molar-refractivity contribution in [3.8, 4) is 23.0 Å². The second kappa shape index (κ2) is 9.63. The number of methoxy groups -OCH3 is 3. The van der Waals surface area contributed by atoms with Gasteiger partial charge in [-0.3, -0.25) is 0 Å². The monoisotopic (exact) mass is 454 g/mol. The van der Waals surface area contributed by atoms with E-state index >= 15 is 0 Å². The third kappa shape index (κ3) is 4.18. The van der Waals surface area contributed by atoms with Crippen molar-refractivity contribution in [1.82, 2.24) is 0 Å². The highest BCUT2D eigenvalue weighted by Crippen LogP contribution is 2.49. The molecule has 4 rings (SSSR count). The average Bonchev–Trinajstić information content (AvgIpc) is 3.17. The molecule has 0 saturated heterocycles. The second-order valence-electron chi connectivity index (χ2n) is 7.41. The Hall–Kier alpha value is -3.03. The van der Waals surface area contributed by atoms with Crippen LogP contribution in [0.5, 0.6) is 23.0 Å². The van der Waals surface area contributed by atoms with Crippen LogP contribution >= 0.6 is 0 Å². The van der Waals surface area contributed by atoms with Crippen molar-refractivity contribution < 1.29 is 27.9 Å². The molecule has 0 spiro atoms. The van der Waals surface area contributed by atoms with Crippen LogP contribution in [0, 0.1) is 0 Å². The number of benzene rings is 3. The minimum absolute atomic E-state index is 0.0334. The Morgan fingerprint density at radius 3 is 2.34 bits per heavy atom. The maximum atomic E-state index is 13.4. The van der Waals surface area contributed by atoms with Gasteiger partial charge in [-0.05, 0) is 35.9 Å². The molecule has 0 fully saturated rings. The molecule has 0 saturated carbocycles. The van der Waals surface area contributed by atoms with Gasteiger partial charge in [0.05, 0.1) is 29.9 Å². The molecular formula is C25H26O6S. The Labute approximate surface area is 190 Å². The van der Waals surface area contributed by atoms with E-state index in [2.05, 4.69) is 6.92 Å². The van der Waals surface area contributed by atoms with E-state index in [4.69, 9.17) is 23.7 Å². The summed E-state index contributed by atoms with van der Waals surface area (Å²) in [5.74, 6) is 2.53. The molecule has 32 heavy (non-hydrogen) atoms. The van der Waals surface area contributed by atoms with E-state index in [9.17, 15) is 4.21 Å². The van der Waals surface area contributed by atoms with Gasteiger partial charge < -0.3 is 23.7 Å². The number of ether oxygens (including phenoxy) is 5. The Kier molecular flexibility index (Phi) is 6.67. The molecule has 3 aromatic carbocycles. The van der Waals surface area contributed by atoms with Crippen molar-refractivity contribution >= 4 is 10.8 Å². The highest BCUT2D eigenvalue weighted by Gasteiger charge is 2.35. The van der Waals surface area contributed by atoms with E-state index in [1.54, 1.807) is 21.3 Å². The van der Waals surface area contributed by atoms with Gasteiger partial charge in [-0.15, -0.1) is 0 Å². The molecule has 7 heteroatoms. The van der Waals surface area contributed by atoms with Crippen LogP contribution in [-0.2, 0) is 15.5 Å². The standard InChI is InChI=1S/C25H26O6S/c1-16-19-13-24(32(26)18-8-6-5-7-9-18)23(30-15-27-2)14-21(19)31-25(16)17-10-11-20(28-3)22(12-17)29-4/h5-14,16,25H,15H2,1-4H3/t16-,25-,32?/m0/s1. The van der Waals surface area contributed by atoms with Crippen LogP contribution in [-0.4, -0.2) is 32.3 Å². The van der Waals surface area contributed by atoms with Crippen LogP contribution in [0.4, 0.5) is 0 Å². The lowest BCUT2D eigenvalue weighted by Crippen LogP contribution is -2.07. The largest absolute Gasteiger partial charge is 0.493 e. The molecule has 0 aliphatic carbocycles. The number of rotatable bonds is 8. The fourth-order valence-corrected chi connectivity index (χ4v) is 5.05. The Morgan fingerprint density at radius 2 is 1.66 bits per heavy atom. The molecule has 1 aliphatic rings. The summed E-state index contributed by atoms with van der Waals surface area (Å²) in [6.45, 7) is 2.14. The Balaban J connectivity index is 1.72. The third-order valence-corrected chi connectivity index (χ3v) is 6.92. The summed E-state index contributed by atoms with van der Waals surface area (Å²) in [7, 11) is 3.36. The Bertz CT molecular complexity index is 1110. The summed E-state index contributed by atoms with van der Waals surface area (Å²) in [4.78, 5) is 1.30. The number of hydrogen-bond acceptors (Lipinski definition) is 6. The number of fused-ring (bicyclic) bond motifs is 1. The lowest BCUT2D eigenvalue weighted by Gasteiger charge is -2.17. The van der Waals surface area contributed by atoms with Gasteiger partial charge in [-0.25, -0.2) is 4.21 Å². The molecule has 0 bridgehead atoms. The fraction of sp³-hybridized carbons (Fsp3) is 0.280. The lowest BCUT2D eigenvalue weighted by molar-refractivity contribution is 0.0489. The Morgan fingerprint density at radius 1 is 0.906 bits per heavy atom. The summed E-state index contributed by atoms with van der Waals surface area (Å²) in [6.07, 6.45) is -0.222. The van der Waals surface area contributed by atoms with Crippen molar-refractivity contribution in [1.29, 1.82) is 0 Å². The predicted octanol–water partition coefficient (Wildman–Crippen LogP) is 5.09. The van der Waals surface area contributed by atoms with E-state index in [0.717, 1.165) is 11.1 Å². The number of hydrogen-bond donors (Lipinski definition) is 0. The minimum Gasteiger partial charge on any atom is -0.493 e. The van der Waals surface area contributed by atoms with Gasteiger partial charge >= 0.3 is 0 Å². The van der Waals surface area contributed by atoms with E-state index in [1.165, 1.54) is 0 Å². The quantitative estimate of drug-likeness (QED) is 0.442. The van der Waals surface area contributed by atoms with Gasteiger partial charge in [0.25, 0.3) is 0 Å². The molecule has 0 radical (unpaired) electrons. The highest BCUT2D eigenvalue weighted by molar-refractivity contribution is 7.85. The molecule has 0 aromatic heterocycles. The first-order valence-corrected chi connectivity index (χ1v) is 11.4. The maximum absolute atomic E-state index is 13.4. The molecular weight excluding hydrogens is 428 g/mol. The molecule has 3 atom stereocenters. The molecule has 6 nitrogen and oxygen atoms in total. The van der Waals surface area contributed by atoms with E-state index in [0.29, 0.717) is 32.8 Å². The van der Waals surface area contributed by atoms with Gasteiger partial charge in [0.2, 0.25) is 0 Å². The summed E-state index contributed by atoms with van der Waals surface area (Å²) < 4.78 is 41.3. The molecule has 1 unspecified atom stereocenters. The SMILES string of the molecule is COCOc1cc2c(cc1S(=O)c1ccccc1)[C@H](C)[C@@H](c1ccc(OC)c(OC)c1)O2. The molecule has 3 aromatic rings. The van der Waals surface area contributed by atoms with Crippen LogP contribution in [0.15, 0.2) is 70.5 Å². The first kappa shape index (κ1) is 22.2. The van der Waals surface area contributed by atoms with Crippen LogP contribution in [0.1, 0.15) is 30.1 Å². The molecule has 168 valence electrons. The van der Waals surface area contributed by atoms with Crippen LogP contribution < -0.4 is 18.9 Å². The molecule has 1 heterocycles. The zero-order valence-corrected chi connectivity index (χ0v) is 19.3. The smallest absolute Gasteiger partial charge is 0.188 e. The summed E-state index contributed by atoms with van der Waals surface area (Å²) in [5.41, 5.74) is 1.95. The minimum atomic E-state index is -1.41. The topological polar surface area (TPSA) is 63.2 Å². The van der Waals surface area contributed by atoms with Crippen molar-refractivity contribution in [2.24, 2.45) is 0 Å². The molecule has 0 amide bonds. The lowest BCUT2D eigenvalue weighted by atomic mass is 9.92. The van der Waals surface area contributed by atoms with Crippen LogP contribution in [0.25, 0.3) is 0 Å². The maximum Gasteiger partial charge on any atom is 0.188 e. The highest BCUT2D eigenvalue weighted by atomic mass is 32.2. The van der Waals surface area contributed by atoms with Crippen molar-refractivity contribution in [2.45, 2.75) is 28.7 Å². The van der Waals surface area contributed by atoms with Crippen LogP contribution in [0.2, 0.25) is 0 Å². The fourth-order valence-electron chi connectivity index (χ4n) is 3.85. The zero-order valence-electron chi connectivity index (χ0n) is 18.5. The van der Waals surface area contributed by atoms with E-state index < -0.39 is 10.8 Å². The van der Waals surface area contributed by atoms with Gasteiger partial charge in [-0.1, -0.05) is 31.2 Å². The van der Waals surface area contributed by atoms with Crippen molar-refractivity contribution in [2.75, 3.05) is 28.1 Å².